The summed E-state index contributed by atoms with van der Waals surface area (Å²) in [6.45, 7) is 0.540. The first kappa shape index (κ1) is 9.93. The lowest BCUT2D eigenvalue weighted by Crippen LogP contribution is -2.14. The summed E-state index contributed by atoms with van der Waals surface area (Å²) in [5, 5.41) is 0.867. The van der Waals surface area contributed by atoms with Gasteiger partial charge in [-0.25, -0.2) is 9.97 Å². The van der Waals surface area contributed by atoms with E-state index in [9.17, 15) is 0 Å². The number of thioether (sulfide) groups is 1. The fraction of sp³-hybridized carbons (Fsp3) is 0.600. The highest BCUT2D eigenvalue weighted by molar-refractivity contribution is 7.98. The van der Waals surface area contributed by atoms with Gasteiger partial charge in [0.2, 0.25) is 0 Å². The highest BCUT2D eigenvalue weighted by Crippen LogP contribution is 2.23. The molecule has 2 N–H and O–H groups in total. The second-order valence-corrected chi connectivity index (χ2v) is 4.27. The van der Waals surface area contributed by atoms with Crippen molar-refractivity contribution in [2.24, 2.45) is 5.73 Å². The molecule has 0 bridgehead atoms. The van der Waals surface area contributed by atoms with Crippen LogP contribution in [-0.4, -0.2) is 16.2 Å². The van der Waals surface area contributed by atoms with Gasteiger partial charge in [-0.1, -0.05) is 11.8 Å². The van der Waals surface area contributed by atoms with E-state index >= 15 is 0 Å². The largest absolute Gasteiger partial charge is 0.325 e. The number of nitrogens with two attached hydrogens (primary N) is 1. The number of hydrogen-bond acceptors (Lipinski definition) is 4. The van der Waals surface area contributed by atoms with E-state index in [1.165, 1.54) is 24.1 Å². The molecule has 0 aromatic carbocycles. The van der Waals surface area contributed by atoms with Gasteiger partial charge in [0.05, 0.1) is 5.69 Å². The average Bonchev–Trinajstić information content (AvgIpc) is 2.27. The fourth-order valence-electron chi connectivity index (χ4n) is 1.91. The highest BCUT2D eigenvalue weighted by atomic mass is 32.2. The molecule has 0 fully saturated rings. The summed E-state index contributed by atoms with van der Waals surface area (Å²) < 4.78 is 0. The predicted octanol–water partition coefficient (Wildman–Crippen LogP) is 1.54. The van der Waals surface area contributed by atoms with Crippen LogP contribution >= 0.6 is 11.8 Å². The predicted molar refractivity (Wildman–Crippen MR) is 58.3 cm³/mol. The first-order valence-corrected chi connectivity index (χ1v) is 6.20. The summed E-state index contributed by atoms with van der Waals surface area (Å²) in [6.07, 6.45) is 6.71. The SMILES string of the molecule is CSc1nc(CN)c2c(n1)CCCC2. The van der Waals surface area contributed by atoms with Crippen molar-refractivity contribution >= 4 is 11.8 Å². The Bertz CT molecular complexity index is 321. The number of hydrogen-bond donors (Lipinski definition) is 1. The van der Waals surface area contributed by atoms with Crippen molar-refractivity contribution in [3.05, 3.63) is 17.0 Å². The molecule has 1 aliphatic carbocycles. The quantitative estimate of drug-likeness (QED) is 0.593. The van der Waals surface area contributed by atoms with E-state index in [0.29, 0.717) is 6.54 Å². The Labute approximate surface area is 88.5 Å². The van der Waals surface area contributed by atoms with Crippen LogP contribution in [0.2, 0.25) is 0 Å². The number of nitrogens with zero attached hydrogens (tertiary/aromatic N) is 2. The van der Waals surface area contributed by atoms with E-state index in [-0.39, 0.29) is 0 Å². The van der Waals surface area contributed by atoms with Gasteiger partial charge in [0, 0.05) is 12.2 Å². The van der Waals surface area contributed by atoms with Crippen LogP contribution in [0.5, 0.6) is 0 Å². The van der Waals surface area contributed by atoms with Crippen LogP contribution in [0.3, 0.4) is 0 Å². The Morgan fingerprint density at radius 3 is 2.79 bits per heavy atom. The van der Waals surface area contributed by atoms with Gasteiger partial charge in [-0.15, -0.1) is 0 Å². The molecule has 0 amide bonds. The lowest BCUT2D eigenvalue weighted by Gasteiger charge is -2.17. The van der Waals surface area contributed by atoms with Crippen LogP contribution in [0.4, 0.5) is 0 Å². The number of fused-ring (bicyclic) bond motifs is 1. The summed E-state index contributed by atoms with van der Waals surface area (Å²) >= 11 is 1.59. The van der Waals surface area contributed by atoms with Crippen molar-refractivity contribution in [1.82, 2.24) is 9.97 Å². The van der Waals surface area contributed by atoms with E-state index in [4.69, 9.17) is 5.73 Å². The third-order valence-corrected chi connectivity index (χ3v) is 3.17. The Kier molecular flexibility index (Phi) is 3.03. The minimum absolute atomic E-state index is 0.540. The summed E-state index contributed by atoms with van der Waals surface area (Å²) in [5.74, 6) is 0. The third kappa shape index (κ3) is 1.77. The molecule has 1 aliphatic rings. The smallest absolute Gasteiger partial charge is 0.187 e. The van der Waals surface area contributed by atoms with Crippen LogP contribution in [0.25, 0.3) is 0 Å². The van der Waals surface area contributed by atoms with Crippen LogP contribution in [0, 0.1) is 0 Å². The maximum atomic E-state index is 5.70. The average molecular weight is 209 g/mol. The van der Waals surface area contributed by atoms with Crippen LogP contribution in [0.15, 0.2) is 5.16 Å². The standard InChI is InChI=1S/C10H15N3S/c1-14-10-12-8-5-3-2-4-7(8)9(6-11)13-10/h2-6,11H2,1H3. The Hall–Kier alpha value is -0.610. The fourth-order valence-corrected chi connectivity index (χ4v) is 2.31. The van der Waals surface area contributed by atoms with E-state index in [1.807, 2.05) is 6.26 Å². The molecule has 0 saturated carbocycles. The summed E-state index contributed by atoms with van der Waals surface area (Å²) in [7, 11) is 0. The number of aryl methyl sites for hydroxylation is 1. The second kappa shape index (κ2) is 4.28. The molecular formula is C10H15N3S. The van der Waals surface area contributed by atoms with E-state index < -0.39 is 0 Å². The monoisotopic (exact) mass is 209 g/mol. The number of aromatic nitrogens is 2. The maximum Gasteiger partial charge on any atom is 0.187 e. The van der Waals surface area contributed by atoms with Crippen LogP contribution in [0.1, 0.15) is 29.8 Å². The topological polar surface area (TPSA) is 51.8 Å². The van der Waals surface area contributed by atoms with Crippen molar-refractivity contribution < 1.29 is 0 Å². The molecule has 0 saturated heterocycles. The van der Waals surface area contributed by atoms with Gasteiger partial charge >= 0.3 is 0 Å². The summed E-state index contributed by atoms with van der Waals surface area (Å²) in [5.41, 5.74) is 9.30. The molecule has 0 aliphatic heterocycles. The molecule has 1 aromatic heterocycles. The van der Waals surface area contributed by atoms with E-state index in [1.54, 1.807) is 11.8 Å². The first-order chi connectivity index (χ1) is 6.85. The van der Waals surface area contributed by atoms with Gasteiger partial charge < -0.3 is 5.73 Å². The highest BCUT2D eigenvalue weighted by Gasteiger charge is 2.16. The van der Waals surface area contributed by atoms with Crippen molar-refractivity contribution in [1.29, 1.82) is 0 Å². The lowest BCUT2D eigenvalue weighted by atomic mass is 9.95. The Morgan fingerprint density at radius 1 is 1.29 bits per heavy atom. The van der Waals surface area contributed by atoms with Crippen molar-refractivity contribution in [2.45, 2.75) is 37.4 Å². The molecule has 4 heteroatoms. The van der Waals surface area contributed by atoms with Crippen molar-refractivity contribution in [2.75, 3.05) is 6.26 Å². The molecule has 0 radical (unpaired) electrons. The van der Waals surface area contributed by atoms with E-state index in [2.05, 4.69) is 9.97 Å². The van der Waals surface area contributed by atoms with Crippen LogP contribution < -0.4 is 5.73 Å². The van der Waals surface area contributed by atoms with Gasteiger partial charge in [0.1, 0.15) is 0 Å². The maximum absolute atomic E-state index is 5.70. The molecule has 0 spiro atoms. The molecule has 14 heavy (non-hydrogen) atoms. The second-order valence-electron chi connectivity index (χ2n) is 3.49. The van der Waals surface area contributed by atoms with Crippen molar-refractivity contribution in [3.63, 3.8) is 0 Å². The van der Waals surface area contributed by atoms with Gasteiger partial charge in [0.25, 0.3) is 0 Å². The van der Waals surface area contributed by atoms with Crippen LogP contribution in [-0.2, 0) is 19.4 Å². The lowest BCUT2D eigenvalue weighted by molar-refractivity contribution is 0.635. The zero-order valence-electron chi connectivity index (χ0n) is 8.42. The number of rotatable bonds is 2. The minimum atomic E-state index is 0.540. The van der Waals surface area contributed by atoms with Gasteiger partial charge in [-0.05, 0) is 37.5 Å². The van der Waals surface area contributed by atoms with Gasteiger partial charge in [0.15, 0.2) is 5.16 Å². The third-order valence-electron chi connectivity index (χ3n) is 2.62. The van der Waals surface area contributed by atoms with E-state index in [0.717, 1.165) is 23.7 Å². The molecule has 1 heterocycles. The first-order valence-electron chi connectivity index (χ1n) is 4.98. The van der Waals surface area contributed by atoms with Crippen molar-refractivity contribution in [3.8, 4) is 0 Å². The molecule has 3 nitrogen and oxygen atoms in total. The Balaban J connectivity index is 2.47. The molecule has 2 rings (SSSR count). The summed E-state index contributed by atoms with van der Waals surface area (Å²) in [4.78, 5) is 8.99. The molecule has 76 valence electrons. The summed E-state index contributed by atoms with van der Waals surface area (Å²) in [6, 6.07) is 0. The minimum Gasteiger partial charge on any atom is -0.325 e. The molecule has 0 unspecified atom stereocenters. The molecule has 1 aromatic rings. The molecular weight excluding hydrogens is 194 g/mol. The van der Waals surface area contributed by atoms with Gasteiger partial charge in [-0.2, -0.15) is 0 Å². The zero-order valence-corrected chi connectivity index (χ0v) is 9.23. The zero-order chi connectivity index (χ0) is 9.97. The van der Waals surface area contributed by atoms with Gasteiger partial charge in [-0.3, -0.25) is 0 Å². The molecule has 0 atom stereocenters. The Morgan fingerprint density at radius 2 is 2.07 bits per heavy atom. The normalized spacial score (nSPS) is 15.3.